The highest BCUT2D eigenvalue weighted by atomic mass is 32.1. The van der Waals surface area contributed by atoms with Crippen LogP contribution in [0.15, 0.2) is 59.6 Å². The van der Waals surface area contributed by atoms with E-state index in [1.807, 2.05) is 13.8 Å². The zero-order valence-electron chi connectivity index (χ0n) is 18.7. The number of aliphatic hydroxyl groups is 1. The van der Waals surface area contributed by atoms with E-state index in [0.717, 1.165) is 6.42 Å². The second-order valence-electron chi connectivity index (χ2n) is 7.48. The highest BCUT2D eigenvalue weighted by Crippen LogP contribution is 2.44. The van der Waals surface area contributed by atoms with Crippen LogP contribution in [-0.2, 0) is 9.59 Å². The first-order valence-electron chi connectivity index (χ1n) is 10.8. The lowest BCUT2D eigenvalue weighted by Crippen LogP contribution is -2.29. The number of ether oxygens (including phenoxy) is 2. The number of hydrogen-bond donors (Lipinski definition) is 1. The maximum absolute atomic E-state index is 13.4. The van der Waals surface area contributed by atoms with E-state index in [0.29, 0.717) is 35.4 Å². The first-order chi connectivity index (χ1) is 16.5. The second kappa shape index (κ2) is 10.0. The van der Waals surface area contributed by atoms with Gasteiger partial charge in [0.1, 0.15) is 11.6 Å². The molecule has 1 fully saturated rings. The van der Waals surface area contributed by atoms with Crippen LogP contribution in [0.2, 0.25) is 0 Å². The molecule has 2 heterocycles. The number of halogens is 1. The Bertz CT molecular complexity index is 1220. The monoisotopic (exact) mass is 482 g/mol. The molecule has 9 heteroatoms. The van der Waals surface area contributed by atoms with Crippen molar-refractivity contribution in [3.63, 3.8) is 0 Å². The van der Waals surface area contributed by atoms with Crippen LogP contribution in [0.4, 0.5) is 9.52 Å². The number of ketones is 1. The van der Waals surface area contributed by atoms with E-state index >= 15 is 0 Å². The van der Waals surface area contributed by atoms with Gasteiger partial charge in [-0.15, -0.1) is 11.3 Å². The standard InChI is InChI=1S/C25H23FN2O5S/c1-3-12-33-18-10-7-16(14-19(18)32-4-2)21-20(22(29)15-5-8-17(26)9-6-15)23(30)24(31)28(21)25-27-11-13-34-25/h5-11,13-14,21,29H,3-4,12H2,1-2H3. The van der Waals surface area contributed by atoms with E-state index in [1.165, 1.54) is 46.7 Å². The Morgan fingerprint density at radius 1 is 1.12 bits per heavy atom. The molecule has 0 spiro atoms. The molecule has 7 nitrogen and oxygen atoms in total. The third kappa shape index (κ3) is 4.38. The van der Waals surface area contributed by atoms with Crippen LogP contribution in [0.25, 0.3) is 5.76 Å². The maximum Gasteiger partial charge on any atom is 0.301 e. The van der Waals surface area contributed by atoms with Gasteiger partial charge in [-0.25, -0.2) is 9.37 Å². The summed E-state index contributed by atoms with van der Waals surface area (Å²) in [6.07, 6.45) is 2.35. The van der Waals surface area contributed by atoms with E-state index in [2.05, 4.69) is 4.98 Å². The molecule has 1 amide bonds. The molecule has 1 N–H and O–H groups in total. The van der Waals surface area contributed by atoms with Crippen molar-refractivity contribution in [2.24, 2.45) is 0 Å². The van der Waals surface area contributed by atoms with Crippen molar-refractivity contribution in [3.8, 4) is 11.5 Å². The molecule has 0 aliphatic carbocycles. The predicted octanol–water partition coefficient (Wildman–Crippen LogP) is 5.10. The van der Waals surface area contributed by atoms with Gasteiger partial charge in [-0.05, 0) is 55.3 Å². The molecule has 1 aromatic heterocycles. The Morgan fingerprint density at radius 2 is 1.88 bits per heavy atom. The van der Waals surface area contributed by atoms with E-state index in [1.54, 1.807) is 23.6 Å². The second-order valence-corrected chi connectivity index (χ2v) is 8.35. The third-order valence-electron chi connectivity index (χ3n) is 5.23. The Morgan fingerprint density at radius 3 is 2.53 bits per heavy atom. The summed E-state index contributed by atoms with van der Waals surface area (Å²) in [5, 5.41) is 13.1. The Labute approximate surface area is 200 Å². The van der Waals surface area contributed by atoms with Crippen LogP contribution in [-0.4, -0.2) is 35.0 Å². The number of carbonyl (C=O) groups excluding carboxylic acids is 2. The van der Waals surface area contributed by atoms with Crippen LogP contribution in [0.3, 0.4) is 0 Å². The number of aliphatic hydroxyl groups excluding tert-OH is 1. The largest absolute Gasteiger partial charge is 0.507 e. The number of rotatable bonds is 8. The number of nitrogens with zero attached hydrogens (tertiary/aromatic N) is 2. The van der Waals surface area contributed by atoms with Gasteiger partial charge in [0.15, 0.2) is 16.6 Å². The average molecular weight is 483 g/mol. The van der Waals surface area contributed by atoms with Gasteiger partial charge in [0.25, 0.3) is 5.78 Å². The minimum Gasteiger partial charge on any atom is -0.507 e. The van der Waals surface area contributed by atoms with Crippen LogP contribution in [0.5, 0.6) is 11.5 Å². The van der Waals surface area contributed by atoms with Crippen molar-refractivity contribution in [3.05, 3.63) is 76.6 Å². The zero-order valence-corrected chi connectivity index (χ0v) is 19.5. The first-order valence-corrected chi connectivity index (χ1v) is 11.7. The molecule has 4 rings (SSSR count). The smallest absolute Gasteiger partial charge is 0.301 e. The predicted molar refractivity (Wildman–Crippen MR) is 127 cm³/mol. The number of benzene rings is 2. The summed E-state index contributed by atoms with van der Waals surface area (Å²) in [7, 11) is 0. The molecule has 0 saturated carbocycles. The fourth-order valence-electron chi connectivity index (χ4n) is 3.74. The molecule has 1 aliphatic rings. The summed E-state index contributed by atoms with van der Waals surface area (Å²) in [5.74, 6) is -1.55. The molecule has 176 valence electrons. The molecule has 1 aliphatic heterocycles. The summed E-state index contributed by atoms with van der Waals surface area (Å²) in [6, 6.07) is 9.23. The Balaban J connectivity index is 1.89. The molecular formula is C25H23FN2O5S. The maximum atomic E-state index is 13.4. The van der Waals surface area contributed by atoms with Crippen molar-refractivity contribution >= 4 is 33.9 Å². The normalized spacial score (nSPS) is 17.3. The molecule has 2 aromatic carbocycles. The highest BCUT2D eigenvalue weighted by molar-refractivity contribution is 7.14. The van der Waals surface area contributed by atoms with E-state index < -0.39 is 29.3 Å². The quantitative estimate of drug-likeness (QED) is 0.273. The van der Waals surface area contributed by atoms with E-state index in [9.17, 15) is 19.1 Å². The molecule has 1 unspecified atom stereocenters. The van der Waals surface area contributed by atoms with Gasteiger partial charge in [0.2, 0.25) is 0 Å². The van der Waals surface area contributed by atoms with Crippen LogP contribution >= 0.6 is 11.3 Å². The number of Topliss-reactive ketones (excluding diaryl/α,β-unsaturated/α-hetero) is 1. The summed E-state index contributed by atoms with van der Waals surface area (Å²) >= 11 is 1.20. The lowest BCUT2D eigenvalue weighted by Gasteiger charge is -2.24. The Hall–Kier alpha value is -3.72. The van der Waals surface area contributed by atoms with Gasteiger partial charge < -0.3 is 14.6 Å². The number of carbonyl (C=O) groups is 2. The lowest BCUT2D eigenvalue weighted by atomic mass is 9.95. The molecule has 34 heavy (non-hydrogen) atoms. The molecule has 1 atom stereocenters. The highest BCUT2D eigenvalue weighted by Gasteiger charge is 2.48. The summed E-state index contributed by atoms with van der Waals surface area (Å²) in [6.45, 7) is 4.72. The van der Waals surface area contributed by atoms with E-state index in [-0.39, 0.29) is 11.1 Å². The van der Waals surface area contributed by atoms with Gasteiger partial charge in [0, 0.05) is 17.1 Å². The van der Waals surface area contributed by atoms with Gasteiger partial charge in [-0.2, -0.15) is 0 Å². The SMILES string of the molecule is CCCOc1ccc(C2C(=C(O)c3ccc(F)cc3)C(=O)C(=O)N2c2nccs2)cc1OCC. The number of thiazole rings is 1. The number of aromatic nitrogens is 1. The fourth-order valence-corrected chi connectivity index (χ4v) is 4.40. The molecule has 0 radical (unpaired) electrons. The Kier molecular flexibility index (Phi) is 6.93. The van der Waals surface area contributed by atoms with E-state index in [4.69, 9.17) is 9.47 Å². The summed E-state index contributed by atoms with van der Waals surface area (Å²) in [4.78, 5) is 31.7. The van der Waals surface area contributed by atoms with Gasteiger partial charge in [-0.1, -0.05) is 13.0 Å². The number of amides is 1. The van der Waals surface area contributed by atoms with Gasteiger partial charge in [-0.3, -0.25) is 14.5 Å². The van der Waals surface area contributed by atoms with Crippen molar-refractivity contribution in [2.75, 3.05) is 18.1 Å². The first kappa shape index (κ1) is 23.4. The molecular weight excluding hydrogens is 459 g/mol. The third-order valence-corrected chi connectivity index (χ3v) is 6.00. The van der Waals surface area contributed by atoms with Crippen LogP contribution in [0.1, 0.15) is 37.4 Å². The van der Waals surface area contributed by atoms with Crippen LogP contribution < -0.4 is 14.4 Å². The summed E-state index contributed by atoms with van der Waals surface area (Å²) in [5.41, 5.74) is 0.637. The minimum absolute atomic E-state index is 0.114. The summed E-state index contributed by atoms with van der Waals surface area (Å²) < 4.78 is 25.0. The fraction of sp³-hybridized carbons (Fsp3) is 0.240. The molecule has 0 bridgehead atoms. The topological polar surface area (TPSA) is 89.0 Å². The van der Waals surface area contributed by atoms with Crippen molar-refractivity contribution in [1.29, 1.82) is 0 Å². The number of hydrogen-bond acceptors (Lipinski definition) is 7. The molecule has 1 saturated heterocycles. The number of anilines is 1. The molecule has 3 aromatic rings. The van der Waals surface area contributed by atoms with Gasteiger partial charge >= 0.3 is 5.91 Å². The zero-order chi connectivity index (χ0) is 24.2. The van der Waals surface area contributed by atoms with Crippen molar-refractivity contribution in [2.45, 2.75) is 26.3 Å². The van der Waals surface area contributed by atoms with Crippen molar-refractivity contribution < 1.29 is 28.6 Å². The van der Waals surface area contributed by atoms with Crippen molar-refractivity contribution in [1.82, 2.24) is 4.98 Å². The van der Waals surface area contributed by atoms with Crippen LogP contribution in [0, 0.1) is 5.82 Å². The average Bonchev–Trinajstić information content (AvgIpc) is 3.45. The lowest BCUT2D eigenvalue weighted by molar-refractivity contribution is -0.132. The minimum atomic E-state index is -0.962. The van der Waals surface area contributed by atoms with Gasteiger partial charge in [0.05, 0.1) is 24.8 Å².